The predicted octanol–water partition coefficient (Wildman–Crippen LogP) is 0.637. The molecule has 0 unspecified atom stereocenters. The summed E-state index contributed by atoms with van der Waals surface area (Å²) in [5, 5.41) is 5.38. The largest absolute Gasteiger partial charge is 0.306 e. The minimum absolute atomic E-state index is 0.769. The number of azide groups is 1. The Bertz CT molecular complexity index is 172. The lowest BCUT2D eigenvalue weighted by atomic mass is 10.5. The first-order valence-corrected chi connectivity index (χ1v) is 4.65. The molecule has 0 heterocycles. The first-order chi connectivity index (χ1) is 6.56. The average Bonchev–Trinajstić information content (AvgIpc) is 2.09. The van der Waals surface area contributed by atoms with E-state index in [0.29, 0.717) is 0 Å². The first-order valence-electron chi connectivity index (χ1n) is 4.65. The summed E-state index contributed by atoms with van der Waals surface area (Å²) < 4.78 is 0. The highest BCUT2D eigenvalue weighted by Gasteiger charge is 2.05. The van der Waals surface area contributed by atoms with Crippen LogP contribution in [0.3, 0.4) is 0 Å². The van der Waals surface area contributed by atoms with Crippen LogP contribution in [0.25, 0.3) is 10.4 Å². The van der Waals surface area contributed by atoms with Gasteiger partial charge in [-0.05, 0) is 33.4 Å². The minimum Gasteiger partial charge on any atom is -0.306 e. The van der Waals surface area contributed by atoms with Crippen molar-refractivity contribution < 1.29 is 0 Å². The standard InChI is InChI=1S/C8H20N6/c1-12(2)5-7-14(11-10-9)8-6-13(3)4/h5-8H2,1-4H3. The summed E-state index contributed by atoms with van der Waals surface area (Å²) in [6, 6.07) is 0. The molecule has 0 fully saturated rings. The molecule has 0 saturated heterocycles. The lowest BCUT2D eigenvalue weighted by molar-refractivity contribution is 0.223. The van der Waals surface area contributed by atoms with Gasteiger partial charge in [0.1, 0.15) is 13.1 Å². The van der Waals surface area contributed by atoms with Crippen LogP contribution in [0.2, 0.25) is 0 Å². The fraction of sp³-hybridized carbons (Fsp3) is 1.00. The van der Waals surface area contributed by atoms with Gasteiger partial charge in [0, 0.05) is 13.1 Å². The molecule has 0 N–H and O–H groups in total. The summed E-state index contributed by atoms with van der Waals surface area (Å²) in [5.74, 6) is 0. The second kappa shape index (κ2) is 7.44. The molecular weight excluding hydrogens is 180 g/mol. The second-order valence-corrected chi connectivity index (χ2v) is 3.74. The molecule has 0 saturated carbocycles. The number of hydrogen-bond donors (Lipinski definition) is 0. The van der Waals surface area contributed by atoms with Crippen LogP contribution in [-0.2, 0) is 0 Å². The summed E-state index contributed by atoms with van der Waals surface area (Å²) in [5.41, 5.74) is 8.36. The van der Waals surface area contributed by atoms with Gasteiger partial charge in [-0.25, -0.2) is 5.01 Å². The molecule has 0 spiro atoms. The van der Waals surface area contributed by atoms with Crippen LogP contribution < -0.4 is 0 Å². The van der Waals surface area contributed by atoms with Crippen molar-refractivity contribution in [1.82, 2.24) is 14.8 Å². The van der Waals surface area contributed by atoms with E-state index in [1.807, 2.05) is 28.2 Å². The normalized spacial score (nSPS) is 10.4. The van der Waals surface area contributed by atoms with Gasteiger partial charge < -0.3 is 9.80 Å². The van der Waals surface area contributed by atoms with E-state index >= 15 is 0 Å². The summed E-state index contributed by atoms with van der Waals surface area (Å²) in [4.78, 5) is 6.94. The van der Waals surface area contributed by atoms with Crippen LogP contribution >= 0.6 is 0 Å². The van der Waals surface area contributed by atoms with Crippen LogP contribution in [0.4, 0.5) is 0 Å². The van der Waals surface area contributed by atoms with E-state index in [9.17, 15) is 0 Å². The molecule has 0 radical (unpaired) electrons. The quantitative estimate of drug-likeness (QED) is 0.262. The molecule has 6 nitrogen and oxygen atoms in total. The maximum absolute atomic E-state index is 8.36. The van der Waals surface area contributed by atoms with Crippen molar-refractivity contribution in [3.63, 3.8) is 0 Å². The minimum atomic E-state index is 0.769. The van der Waals surface area contributed by atoms with Crippen LogP contribution in [0.5, 0.6) is 0 Å². The average molecular weight is 200 g/mol. The smallest absolute Gasteiger partial charge is 0.101 e. The Morgan fingerprint density at radius 1 is 0.929 bits per heavy atom. The summed E-state index contributed by atoms with van der Waals surface area (Å²) in [6.07, 6.45) is 0. The molecule has 0 atom stereocenters. The van der Waals surface area contributed by atoms with E-state index in [4.69, 9.17) is 5.53 Å². The number of hydrogen-bond acceptors (Lipinski definition) is 3. The van der Waals surface area contributed by atoms with Gasteiger partial charge in [0.15, 0.2) is 0 Å². The molecule has 0 rings (SSSR count). The fourth-order valence-corrected chi connectivity index (χ4v) is 0.889. The van der Waals surface area contributed by atoms with Crippen molar-refractivity contribution in [2.45, 2.75) is 0 Å². The number of likely N-dealkylation sites (N-methyl/N-ethyl adjacent to an activating group) is 2. The van der Waals surface area contributed by atoms with Gasteiger partial charge in [0.25, 0.3) is 0 Å². The van der Waals surface area contributed by atoms with E-state index in [1.54, 1.807) is 5.01 Å². The Balaban J connectivity index is 3.83. The second-order valence-electron chi connectivity index (χ2n) is 3.74. The molecule has 0 bridgehead atoms. The topological polar surface area (TPSA) is 58.5 Å². The molecule has 0 aromatic carbocycles. The zero-order valence-corrected chi connectivity index (χ0v) is 9.51. The van der Waals surface area contributed by atoms with Gasteiger partial charge in [-0.3, -0.25) is 0 Å². The highest BCUT2D eigenvalue weighted by molar-refractivity contribution is 4.57. The molecule has 0 aromatic heterocycles. The first kappa shape index (κ1) is 13.0. The van der Waals surface area contributed by atoms with Crippen LogP contribution in [0.15, 0.2) is 5.22 Å². The molecular formula is C8H20N6. The molecule has 6 heteroatoms. The highest BCUT2D eigenvalue weighted by Crippen LogP contribution is 1.91. The third kappa shape index (κ3) is 7.67. The van der Waals surface area contributed by atoms with E-state index in [-0.39, 0.29) is 0 Å². The Morgan fingerprint density at radius 2 is 1.36 bits per heavy atom. The third-order valence-electron chi connectivity index (χ3n) is 1.78. The molecule has 0 aliphatic carbocycles. The van der Waals surface area contributed by atoms with Gasteiger partial charge >= 0.3 is 0 Å². The molecule has 0 amide bonds. The van der Waals surface area contributed by atoms with Crippen molar-refractivity contribution >= 4 is 0 Å². The van der Waals surface area contributed by atoms with E-state index in [1.165, 1.54) is 0 Å². The van der Waals surface area contributed by atoms with Crippen molar-refractivity contribution in [3.05, 3.63) is 10.4 Å². The van der Waals surface area contributed by atoms with Crippen molar-refractivity contribution in [2.24, 2.45) is 5.22 Å². The predicted molar refractivity (Wildman–Crippen MR) is 57.8 cm³/mol. The Morgan fingerprint density at radius 3 is 1.64 bits per heavy atom. The van der Waals surface area contributed by atoms with E-state index < -0.39 is 0 Å². The lowest BCUT2D eigenvalue weighted by Gasteiger charge is -2.18. The summed E-state index contributed by atoms with van der Waals surface area (Å²) in [7, 11) is 8.00. The molecule has 0 aromatic rings. The zero-order chi connectivity index (χ0) is 11.0. The SMILES string of the molecule is CN(C)CCN(CCN(C)C)N=[N+]=[N-]. The van der Waals surface area contributed by atoms with Gasteiger partial charge in [-0.2, -0.15) is 4.91 Å². The maximum atomic E-state index is 8.36. The highest BCUT2D eigenvalue weighted by atomic mass is 15.5. The van der Waals surface area contributed by atoms with Crippen molar-refractivity contribution in [1.29, 1.82) is 0 Å². The Hall–Kier alpha value is -0.970. The zero-order valence-electron chi connectivity index (χ0n) is 9.51. The number of rotatable bonds is 7. The molecule has 0 aliphatic heterocycles. The summed E-state index contributed by atoms with van der Waals surface area (Å²) >= 11 is 0. The Kier molecular flexibility index (Phi) is 6.92. The lowest BCUT2D eigenvalue weighted by Crippen LogP contribution is -2.32. The molecule has 82 valence electrons. The fourth-order valence-electron chi connectivity index (χ4n) is 0.889. The van der Waals surface area contributed by atoms with Crippen LogP contribution in [0, 0.1) is 0 Å². The van der Waals surface area contributed by atoms with E-state index in [2.05, 4.69) is 19.9 Å². The van der Waals surface area contributed by atoms with Crippen molar-refractivity contribution in [3.8, 4) is 0 Å². The third-order valence-corrected chi connectivity index (χ3v) is 1.78. The monoisotopic (exact) mass is 200 g/mol. The van der Waals surface area contributed by atoms with Crippen molar-refractivity contribution in [2.75, 3.05) is 54.4 Å². The van der Waals surface area contributed by atoms with E-state index in [0.717, 1.165) is 26.2 Å². The number of nitrogens with zero attached hydrogens (tertiary/aromatic N) is 6. The van der Waals surface area contributed by atoms with Gasteiger partial charge in [-0.15, -0.1) is 5.53 Å². The van der Waals surface area contributed by atoms with Gasteiger partial charge in [0.05, 0.1) is 0 Å². The Labute approximate surface area is 85.7 Å². The van der Waals surface area contributed by atoms with Crippen LogP contribution in [0.1, 0.15) is 0 Å². The van der Waals surface area contributed by atoms with Gasteiger partial charge in [0.2, 0.25) is 0 Å². The molecule has 14 heavy (non-hydrogen) atoms. The maximum Gasteiger partial charge on any atom is 0.101 e. The summed E-state index contributed by atoms with van der Waals surface area (Å²) in [6.45, 7) is 3.33. The van der Waals surface area contributed by atoms with Crippen LogP contribution in [-0.4, -0.2) is 69.2 Å². The van der Waals surface area contributed by atoms with Gasteiger partial charge in [-0.1, -0.05) is 0 Å². The molecule has 0 aliphatic rings.